The third kappa shape index (κ3) is 4.90. The van der Waals surface area contributed by atoms with E-state index < -0.39 is 17.7 Å². The standard InChI is InChI=1S/C10H13O8PS3/c1-14-9(11)7-5-6(8(20-7)10(12)15-2)18-19(13,21-16-3)22-17-4/h5H,1-4H3. The Bertz CT molecular complexity index is 577. The Balaban J connectivity index is 3.20. The fraction of sp³-hybridized carbons (Fsp3) is 0.400. The molecule has 0 atom stereocenters. The molecule has 0 unspecified atom stereocenters. The molecule has 1 aromatic heterocycles. The lowest BCUT2D eigenvalue weighted by molar-refractivity contribution is 0.0597. The minimum atomic E-state index is -3.51. The van der Waals surface area contributed by atoms with Gasteiger partial charge in [-0.15, -0.1) is 11.3 Å². The first-order chi connectivity index (χ1) is 10.4. The number of esters is 2. The van der Waals surface area contributed by atoms with Crippen LogP contribution in [0.3, 0.4) is 0 Å². The van der Waals surface area contributed by atoms with E-state index in [-0.39, 0.29) is 15.5 Å². The summed E-state index contributed by atoms with van der Waals surface area (Å²) in [7, 11) is 5.00. The number of carbonyl (C=O) groups excluding carboxylic acids is 2. The molecule has 1 rings (SSSR count). The van der Waals surface area contributed by atoms with Crippen LogP contribution in [0.2, 0.25) is 0 Å². The van der Waals surface area contributed by atoms with Gasteiger partial charge in [-0.1, -0.05) is 0 Å². The van der Waals surface area contributed by atoms with Gasteiger partial charge in [0.1, 0.15) is 28.2 Å². The second-order valence-electron chi connectivity index (χ2n) is 3.31. The van der Waals surface area contributed by atoms with E-state index in [1.807, 2.05) is 0 Å². The molecule has 8 nitrogen and oxygen atoms in total. The van der Waals surface area contributed by atoms with Crippen LogP contribution in [-0.2, 0) is 22.4 Å². The topological polar surface area (TPSA) is 97.4 Å². The van der Waals surface area contributed by atoms with Crippen LogP contribution in [0.4, 0.5) is 0 Å². The van der Waals surface area contributed by atoms with Gasteiger partial charge in [0.15, 0.2) is 10.6 Å². The summed E-state index contributed by atoms with van der Waals surface area (Å²) in [6.45, 7) is 0. The van der Waals surface area contributed by atoms with E-state index in [1.165, 1.54) is 34.5 Å². The first kappa shape index (κ1) is 19.3. The number of hydrogen-bond acceptors (Lipinski definition) is 11. The van der Waals surface area contributed by atoms with Crippen LogP contribution in [-0.4, -0.2) is 40.4 Å². The molecular formula is C10H13O8PS3. The normalized spacial score (nSPS) is 11.1. The van der Waals surface area contributed by atoms with Gasteiger partial charge < -0.3 is 22.4 Å². The van der Waals surface area contributed by atoms with Crippen molar-refractivity contribution in [2.45, 2.75) is 0 Å². The van der Waals surface area contributed by atoms with Crippen molar-refractivity contribution in [2.24, 2.45) is 0 Å². The van der Waals surface area contributed by atoms with Crippen LogP contribution < -0.4 is 4.52 Å². The van der Waals surface area contributed by atoms with Gasteiger partial charge in [-0.2, -0.15) is 0 Å². The number of thiophene rings is 1. The Labute approximate surface area is 139 Å². The van der Waals surface area contributed by atoms with E-state index >= 15 is 0 Å². The van der Waals surface area contributed by atoms with Crippen LogP contribution in [0.1, 0.15) is 19.3 Å². The number of ether oxygens (including phenoxy) is 2. The van der Waals surface area contributed by atoms with Crippen molar-refractivity contribution >= 4 is 52.4 Å². The fourth-order valence-electron chi connectivity index (χ4n) is 1.22. The Morgan fingerprint density at radius 3 is 2.05 bits per heavy atom. The zero-order valence-corrected chi connectivity index (χ0v) is 15.4. The summed E-state index contributed by atoms with van der Waals surface area (Å²) in [5.74, 6) is -4.97. The average Bonchev–Trinajstić information content (AvgIpc) is 2.89. The lowest BCUT2D eigenvalue weighted by atomic mass is 10.4. The first-order valence-electron chi connectivity index (χ1n) is 5.45. The second-order valence-corrected chi connectivity index (χ2v) is 10.9. The summed E-state index contributed by atoms with van der Waals surface area (Å²) in [6, 6.07) is 1.25. The molecule has 12 heteroatoms. The maximum Gasteiger partial charge on any atom is 0.412 e. The SMILES string of the molecule is COSP(=O)(Oc1cc(C(=O)OC)sc1C(=O)OC)SOC. The molecule has 0 bridgehead atoms. The Morgan fingerprint density at radius 2 is 1.59 bits per heavy atom. The maximum atomic E-state index is 12.5. The van der Waals surface area contributed by atoms with E-state index in [9.17, 15) is 14.2 Å². The highest BCUT2D eigenvalue weighted by molar-refractivity contribution is 8.87. The molecule has 0 N–H and O–H groups in total. The quantitative estimate of drug-likeness (QED) is 0.374. The predicted molar refractivity (Wildman–Crippen MR) is 84.4 cm³/mol. The van der Waals surface area contributed by atoms with E-state index in [1.54, 1.807) is 0 Å². The van der Waals surface area contributed by atoms with Crippen molar-refractivity contribution in [1.29, 1.82) is 0 Å². The van der Waals surface area contributed by atoms with Crippen LogP contribution >= 0.6 is 40.4 Å². The fourth-order valence-corrected chi connectivity index (χ4v) is 6.20. The highest BCUT2D eigenvalue weighted by Crippen LogP contribution is 2.69. The minimum Gasteiger partial charge on any atom is -0.465 e. The lowest BCUT2D eigenvalue weighted by Crippen LogP contribution is -2.00. The third-order valence-corrected chi connectivity index (χ3v) is 7.69. The van der Waals surface area contributed by atoms with Gasteiger partial charge in [-0.25, -0.2) is 14.2 Å². The number of carbonyl (C=O) groups is 2. The van der Waals surface area contributed by atoms with Gasteiger partial charge in [0.2, 0.25) is 0 Å². The van der Waals surface area contributed by atoms with Crippen LogP contribution in [0.5, 0.6) is 5.75 Å². The predicted octanol–water partition coefficient (Wildman–Crippen LogP) is 3.40. The Hall–Kier alpha value is -0.710. The first-order valence-corrected chi connectivity index (χ1v) is 10.6. The van der Waals surface area contributed by atoms with Gasteiger partial charge in [-0.05, 0) is 0 Å². The van der Waals surface area contributed by atoms with Crippen molar-refractivity contribution in [3.63, 3.8) is 0 Å². The number of hydrogen-bond donors (Lipinski definition) is 0. The summed E-state index contributed by atoms with van der Waals surface area (Å²) < 4.78 is 36.5. The molecule has 22 heavy (non-hydrogen) atoms. The van der Waals surface area contributed by atoms with Crippen molar-refractivity contribution < 1.29 is 36.5 Å². The van der Waals surface area contributed by atoms with Crippen molar-refractivity contribution in [2.75, 3.05) is 28.4 Å². The highest BCUT2D eigenvalue weighted by atomic mass is 33.1. The summed E-state index contributed by atoms with van der Waals surface area (Å²) in [5.41, 5.74) is 0. The van der Waals surface area contributed by atoms with Gasteiger partial charge >= 0.3 is 17.7 Å². The molecule has 1 heterocycles. The Morgan fingerprint density at radius 1 is 1.05 bits per heavy atom. The Kier molecular flexibility index (Phi) is 7.74. The zero-order chi connectivity index (χ0) is 16.8. The van der Waals surface area contributed by atoms with Crippen molar-refractivity contribution in [3.05, 3.63) is 15.8 Å². The molecule has 0 spiro atoms. The molecular weight excluding hydrogens is 375 g/mol. The molecule has 0 saturated carbocycles. The van der Waals surface area contributed by atoms with Gasteiger partial charge in [0.05, 0.1) is 28.4 Å². The number of rotatable bonds is 8. The molecule has 124 valence electrons. The molecule has 0 aliphatic heterocycles. The van der Waals surface area contributed by atoms with Crippen LogP contribution in [0.25, 0.3) is 0 Å². The monoisotopic (exact) mass is 388 g/mol. The summed E-state index contributed by atoms with van der Waals surface area (Å²) in [5, 5.41) is 0. The van der Waals surface area contributed by atoms with Crippen LogP contribution in [0, 0.1) is 0 Å². The van der Waals surface area contributed by atoms with Crippen molar-refractivity contribution in [3.8, 4) is 5.75 Å². The lowest BCUT2D eigenvalue weighted by Gasteiger charge is -2.14. The van der Waals surface area contributed by atoms with Gasteiger partial charge in [0.25, 0.3) is 0 Å². The minimum absolute atomic E-state index is 0.0171. The molecule has 0 saturated heterocycles. The van der Waals surface area contributed by atoms with Crippen LogP contribution in [0.15, 0.2) is 6.07 Å². The molecule has 0 fully saturated rings. The largest absolute Gasteiger partial charge is 0.465 e. The van der Waals surface area contributed by atoms with Gasteiger partial charge in [-0.3, -0.25) is 0 Å². The summed E-state index contributed by atoms with van der Waals surface area (Å²) in [4.78, 5) is 23.4. The summed E-state index contributed by atoms with van der Waals surface area (Å²) in [6.07, 6.45) is 0. The van der Waals surface area contributed by atoms with E-state index in [2.05, 4.69) is 9.47 Å². The number of methoxy groups -OCH3 is 2. The second kappa shape index (κ2) is 8.80. The highest BCUT2D eigenvalue weighted by Gasteiger charge is 2.33. The van der Waals surface area contributed by atoms with E-state index in [0.717, 1.165) is 11.3 Å². The van der Waals surface area contributed by atoms with E-state index in [0.29, 0.717) is 23.3 Å². The maximum absolute atomic E-state index is 12.5. The average molecular weight is 388 g/mol. The third-order valence-electron chi connectivity index (χ3n) is 2.00. The molecule has 0 aliphatic carbocycles. The molecule has 0 aromatic carbocycles. The van der Waals surface area contributed by atoms with Gasteiger partial charge in [0, 0.05) is 6.07 Å². The zero-order valence-electron chi connectivity index (χ0n) is 12.0. The smallest absolute Gasteiger partial charge is 0.412 e. The molecule has 0 aliphatic rings. The molecule has 1 aromatic rings. The molecule has 0 radical (unpaired) electrons. The van der Waals surface area contributed by atoms with Crippen molar-refractivity contribution in [1.82, 2.24) is 0 Å². The summed E-state index contributed by atoms with van der Waals surface area (Å²) >= 11 is 1.92. The van der Waals surface area contributed by atoms with E-state index in [4.69, 9.17) is 12.9 Å². The molecule has 0 amide bonds.